The minimum atomic E-state index is -0.497. The van der Waals surface area contributed by atoms with Crippen molar-refractivity contribution in [1.82, 2.24) is 4.90 Å². The molecule has 2 atom stereocenters. The van der Waals surface area contributed by atoms with Gasteiger partial charge in [-0.25, -0.2) is 4.79 Å². The number of likely N-dealkylation sites (tertiary alicyclic amines) is 1. The van der Waals surface area contributed by atoms with Crippen LogP contribution in [-0.4, -0.2) is 35.5 Å². The van der Waals surface area contributed by atoms with Gasteiger partial charge in [0.25, 0.3) is 5.91 Å². The van der Waals surface area contributed by atoms with Crippen LogP contribution in [0.3, 0.4) is 0 Å². The number of carbonyl (C=O) groups is 2. The Morgan fingerprint density at radius 1 is 1.22 bits per heavy atom. The van der Waals surface area contributed by atoms with Gasteiger partial charge in [0.2, 0.25) is 0 Å². The fourth-order valence-corrected chi connectivity index (χ4v) is 4.64. The van der Waals surface area contributed by atoms with E-state index in [0.29, 0.717) is 23.2 Å². The standard InChI is InChI=1S/C21H29N3O3/c1-14-20(25)23-18-13-16(9-10-19(18)27-14)22-21(26)24-11-5-8-17(24)12-15-6-3-2-4-7-15/h9-10,13-15,17H,2-8,11-12H2,1H3,(H,22,26)(H,23,25). The quantitative estimate of drug-likeness (QED) is 0.829. The third-order valence-corrected chi connectivity index (χ3v) is 6.13. The van der Waals surface area contributed by atoms with E-state index in [0.717, 1.165) is 31.7 Å². The Kier molecular flexibility index (Phi) is 5.23. The summed E-state index contributed by atoms with van der Waals surface area (Å²) in [6.45, 7) is 2.54. The molecule has 6 heteroatoms. The lowest BCUT2D eigenvalue weighted by Crippen LogP contribution is -2.40. The van der Waals surface area contributed by atoms with E-state index in [1.54, 1.807) is 19.1 Å². The number of urea groups is 1. The number of nitrogens with zero attached hydrogens (tertiary/aromatic N) is 1. The van der Waals surface area contributed by atoms with Gasteiger partial charge in [0, 0.05) is 18.3 Å². The smallest absolute Gasteiger partial charge is 0.322 e. The predicted octanol–water partition coefficient (Wildman–Crippen LogP) is 4.37. The maximum atomic E-state index is 12.8. The zero-order valence-corrected chi connectivity index (χ0v) is 16.0. The third-order valence-electron chi connectivity index (χ3n) is 6.13. The van der Waals surface area contributed by atoms with Gasteiger partial charge < -0.3 is 20.3 Å². The number of nitrogens with one attached hydrogen (secondary N) is 2. The van der Waals surface area contributed by atoms with Gasteiger partial charge in [-0.15, -0.1) is 0 Å². The second-order valence-corrected chi connectivity index (χ2v) is 8.12. The van der Waals surface area contributed by atoms with Crippen molar-refractivity contribution >= 4 is 23.3 Å². The van der Waals surface area contributed by atoms with Crippen molar-refractivity contribution in [1.29, 1.82) is 0 Å². The zero-order valence-electron chi connectivity index (χ0n) is 16.0. The molecule has 3 aliphatic rings. The minimum absolute atomic E-state index is 0.0373. The zero-order chi connectivity index (χ0) is 18.8. The van der Waals surface area contributed by atoms with Crippen LogP contribution >= 0.6 is 0 Å². The Hall–Kier alpha value is -2.24. The molecule has 6 nitrogen and oxygen atoms in total. The van der Waals surface area contributed by atoms with Crippen molar-refractivity contribution in [2.24, 2.45) is 5.92 Å². The Morgan fingerprint density at radius 3 is 2.85 bits per heavy atom. The number of ether oxygens (including phenoxy) is 1. The summed E-state index contributed by atoms with van der Waals surface area (Å²) in [5.41, 5.74) is 1.29. The average molecular weight is 371 g/mol. The first-order chi connectivity index (χ1) is 13.1. The van der Waals surface area contributed by atoms with Crippen LogP contribution in [0.25, 0.3) is 0 Å². The van der Waals surface area contributed by atoms with Crippen LogP contribution in [-0.2, 0) is 4.79 Å². The van der Waals surface area contributed by atoms with Gasteiger partial charge in [0.1, 0.15) is 5.75 Å². The van der Waals surface area contributed by atoms with E-state index >= 15 is 0 Å². The normalized spacial score (nSPS) is 25.5. The van der Waals surface area contributed by atoms with Crippen LogP contribution in [0.1, 0.15) is 58.3 Å². The van der Waals surface area contributed by atoms with Gasteiger partial charge in [-0.2, -0.15) is 0 Å². The van der Waals surface area contributed by atoms with Gasteiger partial charge >= 0.3 is 6.03 Å². The molecule has 2 N–H and O–H groups in total. The first kappa shape index (κ1) is 18.1. The summed E-state index contributed by atoms with van der Waals surface area (Å²) in [5, 5.41) is 5.83. The molecule has 1 aliphatic carbocycles. The van der Waals surface area contributed by atoms with E-state index in [4.69, 9.17) is 4.74 Å². The van der Waals surface area contributed by atoms with Crippen LogP contribution in [0, 0.1) is 5.92 Å². The van der Waals surface area contributed by atoms with E-state index in [1.165, 1.54) is 32.1 Å². The Labute approximate surface area is 160 Å². The molecular formula is C21H29N3O3. The molecule has 4 rings (SSSR count). The van der Waals surface area contributed by atoms with Crippen molar-refractivity contribution in [2.45, 2.75) is 70.4 Å². The number of amides is 3. The summed E-state index contributed by atoms with van der Waals surface area (Å²) in [7, 11) is 0. The maximum absolute atomic E-state index is 12.8. The number of rotatable bonds is 3. The molecule has 1 saturated heterocycles. The van der Waals surface area contributed by atoms with Gasteiger partial charge in [0.15, 0.2) is 6.10 Å². The number of benzene rings is 1. The molecule has 2 unspecified atom stereocenters. The molecule has 146 valence electrons. The fraction of sp³-hybridized carbons (Fsp3) is 0.619. The molecule has 2 fully saturated rings. The lowest BCUT2D eigenvalue weighted by atomic mass is 9.84. The SMILES string of the molecule is CC1Oc2ccc(NC(=O)N3CCCC3CC3CCCCC3)cc2NC1=O. The van der Waals surface area contributed by atoms with Crippen LogP contribution in [0.4, 0.5) is 16.2 Å². The topological polar surface area (TPSA) is 70.7 Å². The Morgan fingerprint density at radius 2 is 2.04 bits per heavy atom. The number of hydrogen-bond donors (Lipinski definition) is 2. The van der Waals surface area contributed by atoms with Crippen molar-refractivity contribution < 1.29 is 14.3 Å². The molecular weight excluding hydrogens is 342 g/mol. The van der Waals surface area contributed by atoms with E-state index in [9.17, 15) is 9.59 Å². The average Bonchev–Trinajstić information content (AvgIpc) is 3.12. The molecule has 3 amide bonds. The molecule has 0 bridgehead atoms. The molecule has 2 aliphatic heterocycles. The lowest BCUT2D eigenvalue weighted by Gasteiger charge is -2.30. The largest absolute Gasteiger partial charge is 0.479 e. The third kappa shape index (κ3) is 4.04. The van der Waals surface area contributed by atoms with E-state index in [1.807, 2.05) is 11.0 Å². The summed E-state index contributed by atoms with van der Waals surface area (Å²) >= 11 is 0. The monoisotopic (exact) mass is 371 g/mol. The van der Waals surface area contributed by atoms with Gasteiger partial charge in [0.05, 0.1) is 5.69 Å². The summed E-state index contributed by atoms with van der Waals surface area (Å²) in [4.78, 5) is 26.7. The van der Waals surface area contributed by atoms with E-state index in [-0.39, 0.29) is 11.9 Å². The van der Waals surface area contributed by atoms with Crippen LogP contribution in [0.15, 0.2) is 18.2 Å². The van der Waals surface area contributed by atoms with Crippen molar-refractivity contribution in [3.63, 3.8) is 0 Å². The fourth-order valence-electron chi connectivity index (χ4n) is 4.64. The molecule has 27 heavy (non-hydrogen) atoms. The number of fused-ring (bicyclic) bond motifs is 1. The first-order valence-electron chi connectivity index (χ1n) is 10.3. The number of carbonyl (C=O) groups excluding carboxylic acids is 2. The van der Waals surface area contributed by atoms with Crippen molar-refractivity contribution in [3.05, 3.63) is 18.2 Å². The van der Waals surface area contributed by atoms with Crippen molar-refractivity contribution in [3.8, 4) is 5.75 Å². The van der Waals surface area contributed by atoms with Crippen molar-refractivity contribution in [2.75, 3.05) is 17.2 Å². The molecule has 0 spiro atoms. The van der Waals surface area contributed by atoms with E-state index in [2.05, 4.69) is 10.6 Å². The number of hydrogen-bond acceptors (Lipinski definition) is 3. The maximum Gasteiger partial charge on any atom is 0.322 e. The van der Waals surface area contributed by atoms with Gasteiger partial charge in [-0.05, 0) is 50.3 Å². The molecule has 2 heterocycles. The first-order valence-corrected chi connectivity index (χ1v) is 10.3. The second-order valence-electron chi connectivity index (χ2n) is 8.12. The molecule has 1 saturated carbocycles. The van der Waals surface area contributed by atoms with Gasteiger partial charge in [-0.1, -0.05) is 32.1 Å². The molecule has 1 aromatic rings. The van der Waals surface area contributed by atoms with E-state index < -0.39 is 6.10 Å². The van der Waals surface area contributed by atoms with Crippen LogP contribution < -0.4 is 15.4 Å². The Balaban J connectivity index is 1.39. The molecule has 0 radical (unpaired) electrons. The lowest BCUT2D eigenvalue weighted by molar-refractivity contribution is -0.122. The second kappa shape index (κ2) is 7.79. The van der Waals surface area contributed by atoms with Gasteiger partial charge in [-0.3, -0.25) is 4.79 Å². The van der Waals surface area contributed by atoms with Crippen LogP contribution in [0.2, 0.25) is 0 Å². The summed E-state index contributed by atoms with van der Waals surface area (Å²) in [5.74, 6) is 1.24. The minimum Gasteiger partial charge on any atom is -0.479 e. The highest BCUT2D eigenvalue weighted by Gasteiger charge is 2.31. The predicted molar refractivity (Wildman–Crippen MR) is 105 cm³/mol. The molecule has 0 aromatic heterocycles. The highest BCUT2D eigenvalue weighted by Crippen LogP contribution is 2.34. The highest BCUT2D eigenvalue weighted by molar-refractivity contribution is 5.99. The summed E-state index contributed by atoms with van der Waals surface area (Å²) in [6.07, 6.45) is 9.50. The Bertz CT molecular complexity index is 715. The number of anilines is 2. The summed E-state index contributed by atoms with van der Waals surface area (Å²) in [6, 6.07) is 5.71. The summed E-state index contributed by atoms with van der Waals surface area (Å²) < 4.78 is 5.57. The highest BCUT2D eigenvalue weighted by atomic mass is 16.5. The van der Waals surface area contributed by atoms with Crippen LogP contribution in [0.5, 0.6) is 5.75 Å². The molecule has 1 aromatic carbocycles.